The van der Waals surface area contributed by atoms with Crippen LogP contribution in [0.2, 0.25) is 0 Å². The minimum Gasteiger partial charge on any atom is -0.385 e. The Morgan fingerprint density at radius 1 is 1.38 bits per heavy atom. The number of amides is 1. The van der Waals surface area contributed by atoms with E-state index in [0.717, 1.165) is 6.42 Å². The highest BCUT2D eigenvalue weighted by molar-refractivity contribution is 7.84. The summed E-state index contributed by atoms with van der Waals surface area (Å²) in [5.41, 5.74) is 0.418. The van der Waals surface area contributed by atoms with E-state index in [1.54, 1.807) is 6.07 Å². The highest BCUT2D eigenvalue weighted by atomic mass is 32.2. The van der Waals surface area contributed by atoms with Gasteiger partial charge < -0.3 is 10.6 Å². The number of hydrogen-bond acceptors (Lipinski definition) is 5. The van der Waals surface area contributed by atoms with E-state index in [-0.39, 0.29) is 17.8 Å². The summed E-state index contributed by atoms with van der Waals surface area (Å²) in [5.74, 6) is -0.222. The van der Waals surface area contributed by atoms with Crippen molar-refractivity contribution in [2.45, 2.75) is 13.3 Å². The van der Waals surface area contributed by atoms with E-state index in [1.807, 2.05) is 6.92 Å². The van der Waals surface area contributed by atoms with Crippen LogP contribution >= 0.6 is 0 Å². The zero-order valence-corrected chi connectivity index (χ0v) is 12.9. The Kier molecular flexibility index (Phi) is 6.80. The molecule has 116 valence electrons. The van der Waals surface area contributed by atoms with Gasteiger partial charge in [-0.1, -0.05) is 6.92 Å². The maximum Gasteiger partial charge on any atom is 0.282 e. The van der Waals surface area contributed by atoms with Gasteiger partial charge in [-0.05, 0) is 18.6 Å². The molecule has 0 spiro atoms. The van der Waals surface area contributed by atoms with Crippen LogP contribution in [0.1, 0.15) is 23.7 Å². The Hall–Kier alpha value is -1.96. The van der Waals surface area contributed by atoms with E-state index in [4.69, 9.17) is 0 Å². The Balaban J connectivity index is 2.91. The van der Waals surface area contributed by atoms with Crippen LogP contribution in [0.25, 0.3) is 0 Å². The van der Waals surface area contributed by atoms with Gasteiger partial charge in [0.25, 0.3) is 11.6 Å². The Labute approximate surface area is 125 Å². The molecule has 0 radical (unpaired) electrons. The first-order chi connectivity index (χ1) is 9.95. The molecule has 0 bridgehead atoms. The first-order valence-corrected chi connectivity index (χ1v) is 8.29. The number of nitrogens with one attached hydrogen (secondary N) is 2. The van der Waals surface area contributed by atoms with Crippen LogP contribution in [0.4, 0.5) is 11.4 Å². The molecule has 2 N–H and O–H groups in total. The van der Waals surface area contributed by atoms with Crippen molar-refractivity contribution in [3.63, 3.8) is 0 Å². The molecular weight excluding hydrogens is 294 g/mol. The number of nitro groups is 1. The maximum absolute atomic E-state index is 12.0. The van der Waals surface area contributed by atoms with Gasteiger partial charge in [-0.25, -0.2) is 0 Å². The van der Waals surface area contributed by atoms with Gasteiger partial charge in [0.1, 0.15) is 5.56 Å². The van der Waals surface area contributed by atoms with Crippen molar-refractivity contribution in [2.24, 2.45) is 0 Å². The first-order valence-electron chi connectivity index (χ1n) is 6.56. The minimum atomic E-state index is -1.02. The van der Waals surface area contributed by atoms with Crippen LogP contribution in [0.5, 0.6) is 0 Å². The first kappa shape index (κ1) is 17.1. The van der Waals surface area contributed by atoms with Gasteiger partial charge in [-0.2, -0.15) is 0 Å². The lowest BCUT2D eigenvalue weighted by Crippen LogP contribution is -2.28. The summed E-state index contributed by atoms with van der Waals surface area (Å²) in [6.45, 7) is 2.93. The number of benzene rings is 1. The average Bonchev–Trinajstić information content (AvgIpc) is 2.44. The predicted octanol–water partition coefficient (Wildman–Crippen LogP) is 1.52. The fourth-order valence-corrected chi connectivity index (χ4v) is 2.05. The molecule has 8 heteroatoms. The lowest BCUT2D eigenvalue weighted by molar-refractivity contribution is -0.385. The van der Waals surface area contributed by atoms with Crippen LogP contribution in [0.3, 0.4) is 0 Å². The van der Waals surface area contributed by atoms with E-state index >= 15 is 0 Å². The van der Waals surface area contributed by atoms with Crippen molar-refractivity contribution >= 4 is 28.1 Å². The lowest BCUT2D eigenvalue weighted by Gasteiger charge is -2.09. The predicted molar refractivity (Wildman–Crippen MR) is 83.1 cm³/mol. The third kappa shape index (κ3) is 5.50. The van der Waals surface area contributed by atoms with Crippen molar-refractivity contribution in [3.8, 4) is 0 Å². The largest absolute Gasteiger partial charge is 0.385 e. The zero-order valence-electron chi connectivity index (χ0n) is 12.0. The normalized spacial score (nSPS) is 11.7. The second kappa shape index (κ2) is 8.35. The number of nitrogens with zero attached hydrogens (tertiary/aromatic N) is 1. The van der Waals surface area contributed by atoms with Gasteiger partial charge in [-0.3, -0.25) is 19.1 Å². The van der Waals surface area contributed by atoms with Crippen LogP contribution in [-0.2, 0) is 10.8 Å². The highest BCUT2D eigenvalue weighted by Crippen LogP contribution is 2.22. The average molecular weight is 313 g/mol. The van der Waals surface area contributed by atoms with Crippen LogP contribution in [0, 0.1) is 10.1 Å². The molecule has 21 heavy (non-hydrogen) atoms. The number of carbonyl (C=O) groups excluding carboxylic acids is 1. The third-order valence-corrected chi connectivity index (χ3v) is 3.47. The monoisotopic (exact) mass is 313 g/mol. The van der Waals surface area contributed by atoms with E-state index < -0.39 is 21.6 Å². The molecular formula is C13H19N3O4S. The summed E-state index contributed by atoms with van der Waals surface area (Å²) < 4.78 is 11.0. The van der Waals surface area contributed by atoms with E-state index in [1.165, 1.54) is 18.4 Å². The Morgan fingerprint density at radius 3 is 2.67 bits per heavy atom. The van der Waals surface area contributed by atoms with Crippen LogP contribution in [0.15, 0.2) is 18.2 Å². The molecule has 1 atom stereocenters. The third-order valence-electron chi connectivity index (χ3n) is 2.69. The minimum absolute atomic E-state index is 0.00277. The molecule has 1 aromatic rings. The quantitative estimate of drug-likeness (QED) is 0.560. The van der Waals surface area contributed by atoms with Crippen molar-refractivity contribution in [1.29, 1.82) is 0 Å². The summed E-state index contributed by atoms with van der Waals surface area (Å²) >= 11 is 0. The lowest BCUT2D eigenvalue weighted by atomic mass is 10.1. The van der Waals surface area contributed by atoms with Crippen molar-refractivity contribution in [1.82, 2.24) is 5.32 Å². The molecule has 0 aliphatic heterocycles. The fraction of sp³-hybridized carbons (Fsp3) is 0.462. The van der Waals surface area contributed by atoms with Crippen LogP contribution < -0.4 is 10.6 Å². The molecule has 1 rings (SSSR count). The number of rotatable bonds is 8. The van der Waals surface area contributed by atoms with Crippen molar-refractivity contribution < 1.29 is 13.9 Å². The summed E-state index contributed by atoms with van der Waals surface area (Å²) in [6.07, 6.45) is 2.44. The van der Waals surface area contributed by atoms with Gasteiger partial charge >= 0.3 is 0 Å². The molecule has 1 unspecified atom stereocenters. The molecule has 1 amide bonds. The fourth-order valence-electron chi connectivity index (χ4n) is 1.66. The smallest absolute Gasteiger partial charge is 0.282 e. The molecule has 7 nitrogen and oxygen atoms in total. The van der Waals surface area contributed by atoms with Gasteiger partial charge in [0.2, 0.25) is 0 Å². The van der Waals surface area contributed by atoms with Crippen LogP contribution in [-0.4, -0.2) is 40.1 Å². The molecule has 0 heterocycles. The maximum atomic E-state index is 12.0. The number of carbonyl (C=O) groups is 1. The Morgan fingerprint density at radius 2 is 2.10 bits per heavy atom. The van der Waals surface area contributed by atoms with Crippen molar-refractivity contribution in [2.75, 3.05) is 30.4 Å². The summed E-state index contributed by atoms with van der Waals surface area (Å²) in [6, 6.07) is 4.35. The van der Waals surface area contributed by atoms with Gasteiger partial charge in [0, 0.05) is 47.7 Å². The molecule has 0 aromatic heterocycles. The number of hydrogen-bond donors (Lipinski definition) is 2. The van der Waals surface area contributed by atoms with Gasteiger partial charge in [0.15, 0.2) is 0 Å². The highest BCUT2D eigenvalue weighted by Gasteiger charge is 2.20. The number of nitro benzene ring substituents is 1. The van der Waals surface area contributed by atoms with E-state index in [9.17, 15) is 19.1 Å². The summed E-state index contributed by atoms with van der Waals surface area (Å²) in [5, 5.41) is 16.6. The summed E-state index contributed by atoms with van der Waals surface area (Å²) in [7, 11) is -1.02. The number of anilines is 1. The SMILES string of the molecule is CCCNc1ccc([N+](=O)[O-])c(C(=O)NCCS(C)=O)c1. The topological polar surface area (TPSA) is 101 Å². The van der Waals surface area contributed by atoms with Gasteiger partial charge in [0.05, 0.1) is 4.92 Å². The summed E-state index contributed by atoms with van der Waals surface area (Å²) in [4.78, 5) is 22.4. The van der Waals surface area contributed by atoms with E-state index in [0.29, 0.717) is 18.0 Å². The van der Waals surface area contributed by atoms with E-state index in [2.05, 4.69) is 10.6 Å². The second-order valence-corrected chi connectivity index (χ2v) is 6.00. The Bertz CT molecular complexity index is 548. The van der Waals surface area contributed by atoms with Gasteiger partial charge in [-0.15, -0.1) is 0 Å². The standard InChI is InChI=1S/C13H19N3O4S/c1-3-6-14-10-4-5-12(16(18)19)11(9-10)13(17)15-7-8-21(2)20/h4-5,9,14H,3,6-8H2,1-2H3,(H,15,17). The molecule has 0 aliphatic rings. The second-order valence-electron chi connectivity index (χ2n) is 4.45. The van der Waals surface area contributed by atoms with Crippen molar-refractivity contribution in [3.05, 3.63) is 33.9 Å². The molecule has 0 saturated heterocycles. The molecule has 0 aliphatic carbocycles. The molecule has 0 fully saturated rings. The zero-order chi connectivity index (χ0) is 15.8. The molecule has 1 aromatic carbocycles. The molecule has 0 saturated carbocycles.